The first-order valence-electron chi connectivity index (χ1n) is 3.38. The van der Waals surface area contributed by atoms with Gasteiger partial charge in [-0.25, -0.2) is 0 Å². The second-order valence-electron chi connectivity index (χ2n) is 2.69. The number of aliphatic hydroxyl groups excluding tert-OH is 2. The van der Waals surface area contributed by atoms with Crippen molar-refractivity contribution in [1.29, 1.82) is 0 Å². The monoisotopic (exact) mass is 147 g/mol. The van der Waals surface area contributed by atoms with Crippen LogP contribution < -0.4 is 5.73 Å². The van der Waals surface area contributed by atoms with Crippen LogP contribution in [0.3, 0.4) is 0 Å². The van der Waals surface area contributed by atoms with Crippen molar-refractivity contribution in [3.05, 3.63) is 0 Å². The molecule has 0 amide bonds. The van der Waals surface area contributed by atoms with E-state index in [1.54, 1.807) is 6.92 Å². The van der Waals surface area contributed by atoms with Gasteiger partial charge in [-0.1, -0.05) is 0 Å². The maximum atomic E-state index is 9.20. The van der Waals surface area contributed by atoms with E-state index in [-0.39, 0.29) is 12.1 Å². The quantitative estimate of drug-likeness (QED) is 0.402. The second-order valence-corrected chi connectivity index (χ2v) is 2.69. The van der Waals surface area contributed by atoms with E-state index in [1.165, 1.54) is 0 Å². The van der Waals surface area contributed by atoms with E-state index in [2.05, 4.69) is 0 Å². The summed E-state index contributed by atoms with van der Waals surface area (Å²) in [5, 5.41) is 18.2. The summed E-state index contributed by atoms with van der Waals surface area (Å²) >= 11 is 0. The Bertz CT molecular complexity index is 108. The zero-order valence-corrected chi connectivity index (χ0v) is 5.90. The minimum Gasteiger partial charge on any atom is -0.389 e. The number of rotatable bonds is 0. The molecule has 0 aromatic carbocycles. The lowest BCUT2D eigenvalue weighted by molar-refractivity contribution is -0.198. The van der Waals surface area contributed by atoms with Crippen molar-refractivity contribution in [2.75, 3.05) is 0 Å². The van der Waals surface area contributed by atoms with Gasteiger partial charge in [0.1, 0.15) is 0 Å². The van der Waals surface area contributed by atoms with Crippen molar-refractivity contribution in [3.63, 3.8) is 0 Å². The predicted molar refractivity (Wildman–Crippen MR) is 35.2 cm³/mol. The minimum atomic E-state index is -0.812. The number of aliphatic hydroxyl groups is 2. The molecule has 0 unspecified atom stereocenters. The van der Waals surface area contributed by atoms with Gasteiger partial charge < -0.3 is 20.7 Å². The fourth-order valence-corrected chi connectivity index (χ4v) is 1.10. The van der Waals surface area contributed by atoms with E-state index >= 15 is 0 Å². The highest BCUT2D eigenvalue weighted by atomic mass is 16.6. The molecule has 60 valence electrons. The van der Waals surface area contributed by atoms with E-state index in [0.29, 0.717) is 6.42 Å². The molecule has 1 heterocycles. The average Bonchev–Trinajstić information content (AvgIpc) is 1.82. The molecule has 4 heteroatoms. The van der Waals surface area contributed by atoms with Gasteiger partial charge in [-0.05, 0) is 6.92 Å². The fraction of sp³-hybridized carbons (Fsp3) is 1.00. The molecule has 1 aliphatic rings. The van der Waals surface area contributed by atoms with Crippen LogP contribution in [0.5, 0.6) is 0 Å². The lowest BCUT2D eigenvalue weighted by Gasteiger charge is -2.33. The molecule has 1 rings (SSSR count). The lowest BCUT2D eigenvalue weighted by atomic mass is 10.0. The zero-order valence-electron chi connectivity index (χ0n) is 5.90. The topological polar surface area (TPSA) is 75.7 Å². The van der Waals surface area contributed by atoms with Crippen LogP contribution in [0.15, 0.2) is 0 Å². The van der Waals surface area contributed by atoms with Crippen molar-refractivity contribution >= 4 is 0 Å². The molecule has 4 N–H and O–H groups in total. The molecule has 0 aromatic rings. The van der Waals surface area contributed by atoms with Gasteiger partial charge in [0.25, 0.3) is 0 Å². The van der Waals surface area contributed by atoms with Crippen molar-refractivity contribution in [2.45, 2.75) is 37.9 Å². The summed E-state index contributed by atoms with van der Waals surface area (Å²) in [7, 11) is 0. The standard InChI is InChI=1S/C6H13NO3/c1-3-6(9)4(7)2-5(8)10-3/h3-6,8-9H,2,7H2,1H3/t3-,4+,5+,6-/m0/s1. The lowest BCUT2D eigenvalue weighted by Crippen LogP contribution is -2.51. The van der Waals surface area contributed by atoms with Gasteiger partial charge in [0, 0.05) is 12.5 Å². The highest BCUT2D eigenvalue weighted by molar-refractivity contribution is 4.82. The Morgan fingerprint density at radius 3 is 2.60 bits per heavy atom. The van der Waals surface area contributed by atoms with Crippen LogP contribution in [0.4, 0.5) is 0 Å². The van der Waals surface area contributed by atoms with Gasteiger partial charge >= 0.3 is 0 Å². The molecule has 0 spiro atoms. The molecule has 0 bridgehead atoms. The molecule has 0 saturated carbocycles. The van der Waals surface area contributed by atoms with Gasteiger partial charge in [0.05, 0.1) is 12.2 Å². The summed E-state index contributed by atoms with van der Waals surface area (Å²) in [4.78, 5) is 0. The van der Waals surface area contributed by atoms with Crippen LogP contribution in [0.1, 0.15) is 13.3 Å². The average molecular weight is 147 g/mol. The summed E-state index contributed by atoms with van der Waals surface area (Å²) in [6.45, 7) is 1.69. The van der Waals surface area contributed by atoms with Crippen LogP contribution in [-0.4, -0.2) is 34.8 Å². The highest BCUT2D eigenvalue weighted by Gasteiger charge is 2.31. The summed E-state index contributed by atoms with van der Waals surface area (Å²) in [6.07, 6.45) is -1.51. The van der Waals surface area contributed by atoms with E-state index in [1.807, 2.05) is 0 Å². The molecular weight excluding hydrogens is 134 g/mol. The molecule has 0 radical (unpaired) electrons. The number of hydrogen-bond donors (Lipinski definition) is 3. The Morgan fingerprint density at radius 1 is 1.50 bits per heavy atom. The first-order valence-corrected chi connectivity index (χ1v) is 3.38. The van der Waals surface area contributed by atoms with Crippen LogP contribution in [0.25, 0.3) is 0 Å². The third kappa shape index (κ3) is 1.46. The molecule has 0 aliphatic carbocycles. The number of ether oxygens (including phenoxy) is 1. The van der Waals surface area contributed by atoms with Gasteiger partial charge in [0.15, 0.2) is 6.29 Å². The SMILES string of the molecule is C[C@@H]1O[C@@H](O)C[C@@H](N)[C@H]1O. The predicted octanol–water partition coefficient (Wildman–Crippen LogP) is -1.20. The Balaban J connectivity index is 2.49. The summed E-state index contributed by atoms with van der Waals surface area (Å²) < 4.78 is 4.89. The van der Waals surface area contributed by atoms with Crippen LogP contribution in [0, 0.1) is 0 Å². The van der Waals surface area contributed by atoms with Gasteiger partial charge in [-0.3, -0.25) is 0 Å². The number of nitrogens with two attached hydrogens (primary N) is 1. The summed E-state index contributed by atoms with van der Waals surface area (Å²) in [6, 6.07) is -0.362. The zero-order chi connectivity index (χ0) is 7.72. The maximum Gasteiger partial charge on any atom is 0.156 e. The van der Waals surface area contributed by atoms with Gasteiger partial charge in [-0.15, -0.1) is 0 Å². The molecule has 0 aromatic heterocycles. The van der Waals surface area contributed by atoms with Crippen LogP contribution in [-0.2, 0) is 4.74 Å². The molecule has 1 saturated heterocycles. The Kier molecular flexibility index (Phi) is 2.25. The van der Waals surface area contributed by atoms with Crippen LogP contribution in [0.2, 0.25) is 0 Å². The van der Waals surface area contributed by atoms with E-state index in [0.717, 1.165) is 0 Å². The van der Waals surface area contributed by atoms with E-state index < -0.39 is 12.4 Å². The van der Waals surface area contributed by atoms with Crippen molar-refractivity contribution in [1.82, 2.24) is 0 Å². The van der Waals surface area contributed by atoms with Crippen LogP contribution >= 0.6 is 0 Å². The van der Waals surface area contributed by atoms with E-state index in [9.17, 15) is 5.11 Å². The number of hydrogen-bond acceptors (Lipinski definition) is 4. The minimum absolute atomic E-state index is 0.311. The van der Waals surface area contributed by atoms with E-state index in [4.69, 9.17) is 15.6 Å². The van der Waals surface area contributed by atoms with Gasteiger partial charge in [0.2, 0.25) is 0 Å². The second kappa shape index (κ2) is 2.84. The first-order chi connectivity index (χ1) is 4.61. The molecule has 1 fully saturated rings. The molecule has 1 aliphatic heterocycles. The van der Waals surface area contributed by atoms with Crippen molar-refractivity contribution < 1.29 is 14.9 Å². The molecule has 4 nitrogen and oxygen atoms in total. The smallest absolute Gasteiger partial charge is 0.156 e. The largest absolute Gasteiger partial charge is 0.389 e. The Morgan fingerprint density at radius 2 is 2.10 bits per heavy atom. The Hall–Kier alpha value is -0.160. The summed E-state index contributed by atoms with van der Waals surface area (Å²) in [5.74, 6) is 0. The molecule has 10 heavy (non-hydrogen) atoms. The molecular formula is C6H13NO3. The third-order valence-electron chi connectivity index (χ3n) is 1.77. The fourth-order valence-electron chi connectivity index (χ4n) is 1.10. The van der Waals surface area contributed by atoms with Crippen molar-refractivity contribution in [2.24, 2.45) is 5.73 Å². The third-order valence-corrected chi connectivity index (χ3v) is 1.77. The molecule has 4 atom stereocenters. The van der Waals surface area contributed by atoms with Gasteiger partial charge in [-0.2, -0.15) is 0 Å². The summed E-state index contributed by atoms with van der Waals surface area (Å²) in [5.41, 5.74) is 5.47. The van der Waals surface area contributed by atoms with Crippen molar-refractivity contribution in [3.8, 4) is 0 Å². The first kappa shape index (κ1) is 7.94. The normalized spacial score (nSPS) is 49.2. The highest BCUT2D eigenvalue weighted by Crippen LogP contribution is 2.16. The maximum absolute atomic E-state index is 9.20. The Labute approximate surface area is 59.6 Å².